The molecule has 0 saturated carbocycles. The first kappa shape index (κ1) is 17.7. The van der Waals surface area contributed by atoms with Crippen molar-refractivity contribution in [2.24, 2.45) is 0 Å². The molecular formula is C12H11F3INO4. The zero-order valence-electron chi connectivity index (χ0n) is 10.9. The number of alkyl halides is 3. The Hall–Kier alpha value is -1.36. The van der Waals surface area contributed by atoms with Crippen LogP contribution in [0.2, 0.25) is 0 Å². The highest BCUT2D eigenvalue weighted by molar-refractivity contribution is 14.1. The molecule has 9 heteroatoms. The number of rotatable bonds is 3. The van der Waals surface area contributed by atoms with Crippen LogP contribution >= 0.6 is 22.6 Å². The summed E-state index contributed by atoms with van der Waals surface area (Å²) in [7, 11) is 1.10. The molecule has 0 aromatic heterocycles. The highest BCUT2D eigenvalue weighted by Gasteiger charge is 2.55. The molecule has 21 heavy (non-hydrogen) atoms. The van der Waals surface area contributed by atoms with E-state index in [0.717, 1.165) is 7.11 Å². The van der Waals surface area contributed by atoms with Gasteiger partial charge in [-0.25, -0.2) is 4.79 Å². The molecule has 0 fully saturated rings. The van der Waals surface area contributed by atoms with Crippen molar-refractivity contribution in [2.45, 2.75) is 18.7 Å². The molecule has 0 spiro atoms. The molecule has 0 aliphatic rings. The Morgan fingerprint density at radius 2 is 1.90 bits per heavy atom. The summed E-state index contributed by atoms with van der Waals surface area (Å²) in [5, 5.41) is 11.2. The Morgan fingerprint density at radius 1 is 1.33 bits per heavy atom. The number of carbonyl (C=O) groups is 2. The van der Waals surface area contributed by atoms with Crippen LogP contribution in [-0.4, -0.2) is 35.9 Å². The lowest BCUT2D eigenvalue weighted by Crippen LogP contribution is -2.52. The van der Waals surface area contributed by atoms with Crippen LogP contribution < -0.4 is 5.32 Å². The Bertz CT molecular complexity index is 572. The molecule has 0 bridgehead atoms. The minimum Gasteiger partial charge on any atom is -0.465 e. The first-order valence-corrected chi connectivity index (χ1v) is 6.57. The Kier molecular flexibility index (Phi) is 5.20. The van der Waals surface area contributed by atoms with E-state index in [2.05, 4.69) is 4.74 Å². The lowest BCUT2D eigenvalue weighted by atomic mass is 10.0. The minimum absolute atomic E-state index is 0.115. The molecule has 0 heterocycles. The average molecular weight is 417 g/mol. The quantitative estimate of drug-likeness (QED) is 0.585. The molecule has 1 aromatic rings. The molecule has 1 rings (SSSR count). The third kappa shape index (κ3) is 3.84. The van der Waals surface area contributed by atoms with Crippen molar-refractivity contribution in [1.82, 2.24) is 0 Å². The number of hydrogen-bond donors (Lipinski definition) is 2. The fourth-order valence-corrected chi connectivity index (χ4v) is 1.77. The van der Waals surface area contributed by atoms with Gasteiger partial charge in [-0.1, -0.05) is 0 Å². The Labute approximate surface area is 131 Å². The van der Waals surface area contributed by atoms with Crippen LogP contribution in [0.5, 0.6) is 0 Å². The van der Waals surface area contributed by atoms with Crippen LogP contribution in [0.1, 0.15) is 17.3 Å². The lowest BCUT2D eigenvalue weighted by molar-refractivity contribution is -0.242. The van der Waals surface area contributed by atoms with E-state index in [9.17, 15) is 27.9 Å². The zero-order chi connectivity index (χ0) is 16.4. The fraction of sp³-hybridized carbons (Fsp3) is 0.333. The van der Waals surface area contributed by atoms with Crippen LogP contribution in [0.25, 0.3) is 0 Å². The molecule has 1 unspecified atom stereocenters. The van der Waals surface area contributed by atoms with Gasteiger partial charge in [-0.2, -0.15) is 13.2 Å². The van der Waals surface area contributed by atoms with E-state index < -0.39 is 23.7 Å². The normalized spacial score (nSPS) is 14.2. The largest absolute Gasteiger partial charge is 0.465 e. The number of methoxy groups -OCH3 is 1. The minimum atomic E-state index is -5.15. The maximum Gasteiger partial charge on any atom is 0.426 e. The van der Waals surface area contributed by atoms with Crippen molar-refractivity contribution in [3.8, 4) is 0 Å². The molecule has 0 radical (unpaired) electrons. The maximum absolute atomic E-state index is 12.6. The second-order valence-corrected chi connectivity index (χ2v) is 5.45. The highest BCUT2D eigenvalue weighted by Crippen LogP contribution is 2.31. The van der Waals surface area contributed by atoms with Crippen LogP contribution in [0, 0.1) is 3.57 Å². The van der Waals surface area contributed by atoms with Crippen molar-refractivity contribution in [2.75, 3.05) is 12.4 Å². The third-order valence-corrected chi connectivity index (χ3v) is 3.30. The summed E-state index contributed by atoms with van der Waals surface area (Å²) in [6.07, 6.45) is -5.15. The molecule has 0 aliphatic heterocycles. The van der Waals surface area contributed by atoms with Crippen molar-refractivity contribution < 1.29 is 32.6 Å². The van der Waals surface area contributed by atoms with Crippen molar-refractivity contribution in [3.05, 3.63) is 27.3 Å². The number of ether oxygens (including phenoxy) is 1. The van der Waals surface area contributed by atoms with Gasteiger partial charge in [0.25, 0.3) is 5.91 Å². The topological polar surface area (TPSA) is 75.6 Å². The summed E-state index contributed by atoms with van der Waals surface area (Å²) in [5.41, 5.74) is -3.88. The number of aliphatic hydroxyl groups is 1. The first-order valence-electron chi connectivity index (χ1n) is 5.49. The summed E-state index contributed by atoms with van der Waals surface area (Å²) < 4.78 is 42.8. The number of carbonyl (C=O) groups excluding carboxylic acids is 2. The van der Waals surface area contributed by atoms with Gasteiger partial charge in [-0.05, 0) is 47.7 Å². The van der Waals surface area contributed by atoms with Gasteiger partial charge in [0.2, 0.25) is 5.60 Å². The standard InChI is InChI=1S/C12H11F3INO4/c1-11(20,12(13,14)15)10(19)17-8-4-3-6(16)5-7(8)9(18)21-2/h3-5,20H,1-2H3,(H,17,19). The van der Waals surface area contributed by atoms with Gasteiger partial charge in [-0.3, -0.25) is 4.79 Å². The number of amides is 1. The number of benzene rings is 1. The third-order valence-electron chi connectivity index (χ3n) is 2.63. The number of esters is 1. The van der Waals surface area contributed by atoms with Gasteiger partial charge < -0.3 is 15.2 Å². The van der Waals surface area contributed by atoms with Gasteiger partial charge in [0.15, 0.2) is 0 Å². The number of halogens is 4. The van der Waals surface area contributed by atoms with Crippen LogP contribution in [0.3, 0.4) is 0 Å². The molecule has 0 aliphatic carbocycles. The highest BCUT2D eigenvalue weighted by atomic mass is 127. The van der Waals surface area contributed by atoms with E-state index in [4.69, 9.17) is 0 Å². The lowest BCUT2D eigenvalue weighted by Gasteiger charge is -2.25. The molecule has 116 valence electrons. The van der Waals surface area contributed by atoms with Gasteiger partial charge in [0.1, 0.15) is 0 Å². The first-order chi connectivity index (χ1) is 9.50. The monoisotopic (exact) mass is 417 g/mol. The van der Waals surface area contributed by atoms with Gasteiger partial charge in [0.05, 0.1) is 18.4 Å². The van der Waals surface area contributed by atoms with Gasteiger partial charge in [0, 0.05) is 3.57 Å². The van der Waals surface area contributed by atoms with E-state index in [0.29, 0.717) is 10.5 Å². The van der Waals surface area contributed by atoms with E-state index in [1.165, 1.54) is 18.2 Å². The molecule has 1 atom stereocenters. The maximum atomic E-state index is 12.6. The Balaban J connectivity index is 3.14. The number of anilines is 1. The van der Waals surface area contributed by atoms with Crippen molar-refractivity contribution in [3.63, 3.8) is 0 Å². The molecule has 1 aromatic carbocycles. The number of hydrogen-bond acceptors (Lipinski definition) is 4. The molecule has 2 N–H and O–H groups in total. The average Bonchev–Trinajstić information content (AvgIpc) is 2.38. The summed E-state index contributed by atoms with van der Waals surface area (Å²) in [6, 6.07) is 4.06. The Morgan fingerprint density at radius 3 is 2.38 bits per heavy atom. The number of nitrogens with one attached hydrogen (secondary N) is 1. The van der Waals surface area contributed by atoms with E-state index in [-0.39, 0.29) is 11.3 Å². The predicted molar refractivity (Wildman–Crippen MR) is 75.8 cm³/mol. The van der Waals surface area contributed by atoms with Crippen LogP contribution in [-0.2, 0) is 9.53 Å². The zero-order valence-corrected chi connectivity index (χ0v) is 13.1. The molecular weight excluding hydrogens is 406 g/mol. The summed E-state index contributed by atoms with van der Waals surface area (Å²) in [5.74, 6) is -2.52. The summed E-state index contributed by atoms with van der Waals surface area (Å²) >= 11 is 1.88. The smallest absolute Gasteiger partial charge is 0.426 e. The van der Waals surface area contributed by atoms with Crippen LogP contribution in [0.15, 0.2) is 18.2 Å². The van der Waals surface area contributed by atoms with Crippen LogP contribution in [0.4, 0.5) is 18.9 Å². The van der Waals surface area contributed by atoms with Crippen molar-refractivity contribution >= 4 is 40.2 Å². The summed E-state index contributed by atoms with van der Waals surface area (Å²) in [4.78, 5) is 23.1. The SMILES string of the molecule is COC(=O)c1cc(I)ccc1NC(=O)C(C)(O)C(F)(F)F. The molecule has 5 nitrogen and oxygen atoms in total. The van der Waals surface area contributed by atoms with E-state index >= 15 is 0 Å². The molecule has 0 saturated heterocycles. The van der Waals surface area contributed by atoms with Gasteiger partial charge >= 0.3 is 12.1 Å². The second kappa shape index (κ2) is 6.18. The van der Waals surface area contributed by atoms with E-state index in [1.54, 1.807) is 0 Å². The second-order valence-electron chi connectivity index (χ2n) is 4.21. The fourth-order valence-electron chi connectivity index (χ4n) is 1.28. The molecule has 1 amide bonds. The predicted octanol–water partition coefficient (Wildman–Crippen LogP) is 2.33. The summed E-state index contributed by atoms with van der Waals surface area (Å²) in [6.45, 7) is 0.326. The van der Waals surface area contributed by atoms with Crippen molar-refractivity contribution in [1.29, 1.82) is 0 Å². The van der Waals surface area contributed by atoms with Gasteiger partial charge in [-0.15, -0.1) is 0 Å². The van der Waals surface area contributed by atoms with E-state index in [1.807, 2.05) is 27.9 Å².